The van der Waals surface area contributed by atoms with Crippen LogP contribution in [0.3, 0.4) is 0 Å². The van der Waals surface area contributed by atoms with E-state index in [0.29, 0.717) is 22.4 Å². The molecule has 7 heteroatoms. The SMILES string of the molecule is O=C1NC(=S)SC1=Cc1cc(Br)ccc1OCCn1c2ccccc2c2ccccc21. The van der Waals surface area contributed by atoms with E-state index in [0.717, 1.165) is 15.8 Å². The molecular weight excluding hydrogens is 492 g/mol. The summed E-state index contributed by atoms with van der Waals surface area (Å²) in [6.07, 6.45) is 1.82. The van der Waals surface area contributed by atoms with E-state index < -0.39 is 0 Å². The number of rotatable bonds is 5. The average Bonchev–Trinajstić information content (AvgIpc) is 3.26. The molecule has 2 heterocycles. The first-order valence-corrected chi connectivity index (χ1v) is 11.7. The predicted molar refractivity (Wildman–Crippen MR) is 135 cm³/mol. The van der Waals surface area contributed by atoms with Gasteiger partial charge in [-0.05, 0) is 36.4 Å². The summed E-state index contributed by atoms with van der Waals surface area (Å²) < 4.78 is 9.86. The van der Waals surface area contributed by atoms with Crippen molar-refractivity contribution in [3.63, 3.8) is 0 Å². The van der Waals surface area contributed by atoms with Gasteiger partial charge in [0.1, 0.15) is 16.7 Å². The fourth-order valence-electron chi connectivity index (χ4n) is 3.82. The number of aromatic nitrogens is 1. The maximum Gasteiger partial charge on any atom is 0.263 e. The van der Waals surface area contributed by atoms with Crippen molar-refractivity contribution in [2.75, 3.05) is 6.61 Å². The molecule has 154 valence electrons. The van der Waals surface area contributed by atoms with Gasteiger partial charge in [0.15, 0.2) is 0 Å². The van der Waals surface area contributed by atoms with Gasteiger partial charge in [-0.2, -0.15) is 0 Å². The first-order valence-electron chi connectivity index (χ1n) is 9.73. The Kier molecular flexibility index (Phi) is 5.56. The number of carbonyl (C=O) groups excluding carboxylic acids is 1. The topological polar surface area (TPSA) is 43.3 Å². The van der Waals surface area contributed by atoms with Gasteiger partial charge < -0.3 is 14.6 Å². The van der Waals surface area contributed by atoms with E-state index in [1.807, 2.05) is 24.3 Å². The van der Waals surface area contributed by atoms with Crippen molar-refractivity contribution in [1.29, 1.82) is 0 Å². The Labute approximate surface area is 197 Å². The van der Waals surface area contributed by atoms with Gasteiger partial charge in [0, 0.05) is 31.8 Å². The third-order valence-electron chi connectivity index (χ3n) is 5.15. The van der Waals surface area contributed by atoms with Crippen molar-refractivity contribution in [3.8, 4) is 5.75 Å². The fraction of sp³-hybridized carbons (Fsp3) is 0.0833. The number of para-hydroxylation sites is 2. The van der Waals surface area contributed by atoms with E-state index in [-0.39, 0.29) is 5.91 Å². The lowest BCUT2D eigenvalue weighted by atomic mass is 10.2. The van der Waals surface area contributed by atoms with Crippen LogP contribution in [-0.2, 0) is 11.3 Å². The van der Waals surface area contributed by atoms with Gasteiger partial charge in [-0.25, -0.2) is 0 Å². The zero-order valence-electron chi connectivity index (χ0n) is 16.3. The molecule has 3 aromatic carbocycles. The lowest BCUT2D eigenvalue weighted by molar-refractivity contribution is -0.115. The van der Waals surface area contributed by atoms with E-state index in [9.17, 15) is 4.79 Å². The van der Waals surface area contributed by atoms with Gasteiger partial charge in [-0.15, -0.1) is 0 Å². The van der Waals surface area contributed by atoms with Gasteiger partial charge in [0.25, 0.3) is 5.91 Å². The summed E-state index contributed by atoms with van der Waals surface area (Å²) in [6, 6.07) is 22.7. The van der Waals surface area contributed by atoms with Crippen LogP contribution in [0.4, 0.5) is 0 Å². The maximum atomic E-state index is 12.1. The van der Waals surface area contributed by atoms with Crippen LogP contribution in [-0.4, -0.2) is 21.4 Å². The molecule has 4 aromatic rings. The van der Waals surface area contributed by atoms with Crippen molar-refractivity contribution in [3.05, 3.63) is 81.7 Å². The number of fused-ring (bicyclic) bond motifs is 3. The molecule has 1 aliphatic heterocycles. The highest BCUT2D eigenvalue weighted by atomic mass is 79.9. The lowest BCUT2D eigenvalue weighted by Gasteiger charge is -2.12. The van der Waals surface area contributed by atoms with E-state index >= 15 is 0 Å². The molecule has 1 aromatic heterocycles. The van der Waals surface area contributed by atoms with Gasteiger partial charge in [-0.3, -0.25) is 4.79 Å². The van der Waals surface area contributed by atoms with Gasteiger partial charge in [0.05, 0.1) is 11.4 Å². The number of amides is 1. The second-order valence-electron chi connectivity index (χ2n) is 7.07. The van der Waals surface area contributed by atoms with Crippen LogP contribution in [0.15, 0.2) is 76.1 Å². The second-order valence-corrected chi connectivity index (χ2v) is 9.70. The number of benzene rings is 3. The van der Waals surface area contributed by atoms with E-state index in [2.05, 4.69) is 74.3 Å². The number of thioether (sulfide) groups is 1. The van der Waals surface area contributed by atoms with Crippen molar-refractivity contribution < 1.29 is 9.53 Å². The summed E-state index contributed by atoms with van der Waals surface area (Å²) in [5.41, 5.74) is 3.22. The van der Waals surface area contributed by atoms with E-state index in [1.165, 1.54) is 33.6 Å². The van der Waals surface area contributed by atoms with Crippen LogP contribution in [0.5, 0.6) is 5.75 Å². The molecule has 0 radical (unpaired) electrons. The Morgan fingerprint density at radius 2 is 1.71 bits per heavy atom. The Bertz CT molecular complexity index is 1320. The molecule has 1 N–H and O–H groups in total. The summed E-state index contributed by atoms with van der Waals surface area (Å²) in [4.78, 5) is 12.6. The summed E-state index contributed by atoms with van der Waals surface area (Å²) >= 11 is 9.86. The number of nitrogens with one attached hydrogen (secondary N) is 1. The minimum absolute atomic E-state index is 0.175. The average molecular weight is 509 g/mol. The van der Waals surface area contributed by atoms with Crippen LogP contribution in [0, 0.1) is 0 Å². The van der Waals surface area contributed by atoms with Crippen molar-refractivity contribution in [1.82, 2.24) is 9.88 Å². The molecule has 0 unspecified atom stereocenters. The molecule has 1 aliphatic rings. The normalized spacial score (nSPS) is 15.2. The number of nitrogens with zero attached hydrogens (tertiary/aromatic N) is 1. The van der Waals surface area contributed by atoms with E-state index in [4.69, 9.17) is 17.0 Å². The molecule has 31 heavy (non-hydrogen) atoms. The number of ether oxygens (including phenoxy) is 1. The molecule has 1 amide bonds. The molecule has 0 saturated carbocycles. The largest absolute Gasteiger partial charge is 0.491 e. The van der Waals surface area contributed by atoms with Crippen molar-refractivity contribution in [2.45, 2.75) is 6.54 Å². The highest BCUT2D eigenvalue weighted by molar-refractivity contribution is 9.10. The highest BCUT2D eigenvalue weighted by Gasteiger charge is 2.22. The minimum Gasteiger partial charge on any atom is -0.491 e. The number of halogens is 1. The van der Waals surface area contributed by atoms with E-state index in [1.54, 1.807) is 0 Å². The molecule has 4 nitrogen and oxygen atoms in total. The van der Waals surface area contributed by atoms with Crippen LogP contribution in [0.25, 0.3) is 27.9 Å². The molecule has 0 aliphatic carbocycles. The predicted octanol–water partition coefficient (Wildman–Crippen LogP) is 6.12. The molecule has 0 bridgehead atoms. The Hall–Kier alpha value is -2.61. The fourth-order valence-corrected chi connectivity index (χ4v) is 5.23. The highest BCUT2D eigenvalue weighted by Crippen LogP contribution is 2.32. The maximum absolute atomic E-state index is 12.1. The zero-order chi connectivity index (χ0) is 21.4. The number of thiocarbonyl (C=S) groups is 1. The molecule has 0 atom stereocenters. The third kappa shape index (κ3) is 4.01. The molecular formula is C24H17BrN2O2S2. The first-order chi connectivity index (χ1) is 15.1. The lowest BCUT2D eigenvalue weighted by Crippen LogP contribution is -2.17. The second kappa shape index (κ2) is 8.49. The number of hydrogen-bond acceptors (Lipinski definition) is 4. The van der Waals surface area contributed by atoms with Crippen molar-refractivity contribution >= 4 is 78.0 Å². The number of hydrogen-bond donors (Lipinski definition) is 1. The minimum atomic E-state index is -0.175. The van der Waals surface area contributed by atoms with Crippen molar-refractivity contribution in [2.24, 2.45) is 0 Å². The standard InChI is InChI=1S/C24H17BrN2O2S2/c25-16-9-10-21(15(13-16)14-22-23(28)26-24(30)31-22)29-12-11-27-19-7-3-1-5-17(19)18-6-2-4-8-20(18)27/h1-10,13-14H,11-12H2,(H,26,28,30). The summed E-state index contributed by atoms with van der Waals surface area (Å²) in [7, 11) is 0. The molecule has 5 rings (SSSR count). The van der Waals surface area contributed by atoms with Gasteiger partial charge >= 0.3 is 0 Å². The van der Waals surface area contributed by atoms with Crippen LogP contribution >= 0.6 is 39.9 Å². The smallest absolute Gasteiger partial charge is 0.263 e. The van der Waals surface area contributed by atoms with Gasteiger partial charge in [-0.1, -0.05) is 76.3 Å². The number of carbonyl (C=O) groups is 1. The molecule has 1 fully saturated rings. The summed E-state index contributed by atoms with van der Waals surface area (Å²) in [5, 5.41) is 5.13. The Morgan fingerprint density at radius 1 is 1.03 bits per heavy atom. The van der Waals surface area contributed by atoms with Crippen LogP contribution < -0.4 is 10.1 Å². The molecule has 1 saturated heterocycles. The summed E-state index contributed by atoms with van der Waals surface area (Å²) in [5.74, 6) is 0.550. The van der Waals surface area contributed by atoms with Crippen LogP contribution in [0.1, 0.15) is 5.56 Å². The van der Waals surface area contributed by atoms with Crippen LogP contribution in [0.2, 0.25) is 0 Å². The Balaban J connectivity index is 1.42. The zero-order valence-corrected chi connectivity index (χ0v) is 19.5. The third-order valence-corrected chi connectivity index (χ3v) is 6.81. The first kappa shape index (κ1) is 20.3. The quantitative estimate of drug-likeness (QED) is 0.260. The summed E-state index contributed by atoms with van der Waals surface area (Å²) in [6.45, 7) is 1.21. The van der Waals surface area contributed by atoms with Gasteiger partial charge in [0.2, 0.25) is 0 Å². The Morgan fingerprint density at radius 3 is 2.35 bits per heavy atom. The monoisotopic (exact) mass is 508 g/mol. The molecule has 0 spiro atoms.